The lowest BCUT2D eigenvalue weighted by molar-refractivity contribution is 0.303. The molecule has 1 aliphatic heterocycles. The van der Waals surface area contributed by atoms with Gasteiger partial charge in [-0.05, 0) is 41.8 Å². The van der Waals surface area contributed by atoms with Crippen LogP contribution in [0.5, 0.6) is 5.75 Å². The van der Waals surface area contributed by atoms with Gasteiger partial charge >= 0.3 is 0 Å². The van der Waals surface area contributed by atoms with Crippen LogP contribution in [0.2, 0.25) is 0 Å². The Labute approximate surface area is 107 Å². The molecule has 3 rings (SSSR count). The number of benzene rings is 1. The van der Waals surface area contributed by atoms with Crippen LogP contribution in [-0.2, 0) is 19.6 Å². The summed E-state index contributed by atoms with van der Waals surface area (Å²) in [5.41, 5.74) is 4.13. The first kappa shape index (κ1) is 11.2. The molecule has 0 unspecified atom stereocenters. The van der Waals surface area contributed by atoms with Gasteiger partial charge in [-0.3, -0.25) is 4.98 Å². The van der Waals surface area contributed by atoms with E-state index in [4.69, 9.17) is 4.74 Å². The third-order valence-corrected chi connectivity index (χ3v) is 3.27. The first-order valence-electron chi connectivity index (χ1n) is 6.26. The van der Waals surface area contributed by atoms with Crippen LogP contribution < -0.4 is 10.1 Å². The molecule has 0 aliphatic carbocycles. The Morgan fingerprint density at radius 3 is 3.11 bits per heavy atom. The van der Waals surface area contributed by atoms with E-state index in [0.29, 0.717) is 6.61 Å². The van der Waals surface area contributed by atoms with Crippen molar-refractivity contribution in [3.63, 3.8) is 0 Å². The standard InChI is InChI=1S/C15H16N2O/c1-3-12-9-17-8-6-15(12)13(4-1)11-18-14-5-2-7-16-10-14/h1-5,7,10,17H,6,8-9,11H2. The summed E-state index contributed by atoms with van der Waals surface area (Å²) in [6, 6.07) is 10.3. The highest BCUT2D eigenvalue weighted by Crippen LogP contribution is 2.20. The number of hydrogen-bond acceptors (Lipinski definition) is 3. The summed E-state index contributed by atoms with van der Waals surface area (Å²) in [7, 11) is 0. The molecule has 0 atom stereocenters. The number of hydrogen-bond donors (Lipinski definition) is 1. The Hall–Kier alpha value is -1.87. The average Bonchev–Trinajstić information content (AvgIpc) is 2.46. The van der Waals surface area contributed by atoms with Gasteiger partial charge in [-0.1, -0.05) is 18.2 Å². The Morgan fingerprint density at radius 1 is 1.22 bits per heavy atom. The molecule has 0 spiro atoms. The lowest BCUT2D eigenvalue weighted by Gasteiger charge is -2.20. The van der Waals surface area contributed by atoms with Gasteiger partial charge in [0.05, 0.1) is 6.20 Å². The number of fused-ring (bicyclic) bond motifs is 1. The molecule has 92 valence electrons. The molecule has 2 heterocycles. The van der Waals surface area contributed by atoms with Crippen molar-refractivity contribution in [2.24, 2.45) is 0 Å². The van der Waals surface area contributed by atoms with Gasteiger partial charge in [0, 0.05) is 12.7 Å². The van der Waals surface area contributed by atoms with Gasteiger partial charge < -0.3 is 10.1 Å². The fraction of sp³-hybridized carbons (Fsp3) is 0.267. The Balaban J connectivity index is 1.77. The molecule has 1 N–H and O–H groups in total. The van der Waals surface area contributed by atoms with Crippen molar-refractivity contribution in [2.45, 2.75) is 19.6 Å². The van der Waals surface area contributed by atoms with Gasteiger partial charge in [-0.15, -0.1) is 0 Å². The van der Waals surface area contributed by atoms with Crippen LogP contribution in [0.25, 0.3) is 0 Å². The lowest BCUT2D eigenvalue weighted by Crippen LogP contribution is -2.24. The van der Waals surface area contributed by atoms with Crippen LogP contribution in [0.15, 0.2) is 42.7 Å². The summed E-state index contributed by atoms with van der Waals surface area (Å²) in [6.45, 7) is 2.64. The molecule has 0 saturated heterocycles. The molecule has 0 fully saturated rings. The van der Waals surface area contributed by atoms with E-state index >= 15 is 0 Å². The van der Waals surface area contributed by atoms with Crippen molar-refractivity contribution in [3.05, 3.63) is 59.4 Å². The van der Waals surface area contributed by atoms with Crippen molar-refractivity contribution >= 4 is 0 Å². The quantitative estimate of drug-likeness (QED) is 0.894. The molecule has 2 aromatic rings. The maximum Gasteiger partial charge on any atom is 0.138 e. The van der Waals surface area contributed by atoms with E-state index in [0.717, 1.165) is 25.3 Å². The second-order valence-electron chi connectivity index (χ2n) is 4.46. The normalized spacial score (nSPS) is 14.0. The third kappa shape index (κ3) is 2.36. The first-order chi connectivity index (χ1) is 8.93. The second kappa shape index (κ2) is 5.19. The van der Waals surface area contributed by atoms with Gasteiger partial charge in [0.25, 0.3) is 0 Å². The summed E-state index contributed by atoms with van der Waals surface area (Å²) >= 11 is 0. The van der Waals surface area contributed by atoms with Gasteiger partial charge in [-0.25, -0.2) is 0 Å². The van der Waals surface area contributed by atoms with Crippen LogP contribution in [0.4, 0.5) is 0 Å². The minimum Gasteiger partial charge on any atom is -0.487 e. The zero-order chi connectivity index (χ0) is 12.2. The van der Waals surface area contributed by atoms with E-state index in [1.54, 1.807) is 12.4 Å². The molecular formula is C15H16N2O. The highest BCUT2D eigenvalue weighted by Gasteiger charge is 2.12. The summed E-state index contributed by atoms with van der Waals surface area (Å²) in [5, 5.41) is 3.39. The Bertz CT molecular complexity index is 525. The topological polar surface area (TPSA) is 34.1 Å². The van der Waals surface area contributed by atoms with E-state index in [2.05, 4.69) is 28.5 Å². The minimum absolute atomic E-state index is 0.620. The molecule has 0 saturated carbocycles. The van der Waals surface area contributed by atoms with Crippen molar-refractivity contribution in [3.8, 4) is 5.75 Å². The fourth-order valence-electron chi connectivity index (χ4n) is 2.34. The van der Waals surface area contributed by atoms with E-state index in [9.17, 15) is 0 Å². The monoisotopic (exact) mass is 240 g/mol. The predicted octanol–water partition coefficient (Wildman–Crippen LogP) is 2.31. The van der Waals surface area contributed by atoms with E-state index < -0.39 is 0 Å². The van der Waals surface area contributed by atoms with E-state index in [1.165, 1.54) is 16.7 Å². The van der Waals surface area contributed by atoms with Gasteiger partial charge in [0.15, 0.2) is 0 Å². The number of nitrogens with zero attached hydrogens (tertiary/aromatic N) is 1. The number of ether oxygens (including phenoxy) is 1. The molecule has 0 radical (unpaired) electrons. The lowest BCUT2D eigenvalue weighted by atomic mass is 9.96. The van der Waals surface area contributed by atoms with Gasteiger partial charge in [0.2, 0.25) is 0 Å². The third-order valence-electron chi connectivity index (χ3n) is 3.27. The minimum atomic E-state index is 0.620. The SMILES string of the molecule is c1cncc(OCc2cccc3c2CCNC3)c1. The molecule has 3 heteroatoms. The number of nitrogens with one attached hydrogen (secondary N) is 1. The summed E-state index contributed by atoms with van der Waals surface area (Å²) in [4.78, 5) is 4.05. The molecular weight excluding hydrogens is 224 g/mol. The van der Waals surface area contributed by atoms with Crippen LogP contribution in [0.3, 0.4) is 0 Å². The van der Waals surface area contributed by atoms with Crippen LogP contribution in [0.1, 0.15) is 16.7 Å². The largest absolute Gasteiger partial charge is 0.487 e. The molecule has 1 aromatic carbocycles. The van der Waals surface area contributed by atoms with Gasteiger partial charge in [0.1, 0.15) is 12.4 Å². The maximum absolute atomic E-state index is 5.78. The highest BCUT2D eigenvalue weighted by molar-refractivity contribution is 5.37. The molecule has 1 aromatic heterocycles. The maximum atomic E-state index is 5.78. The molecule has 1 aliphatic rings. The van der Waals surface area contributed by atoms with Crippen LogP contribution in [-0.4, -0.2) is 11.5 Å². The average molecular weight is 240 g/mol. The Kier molecular flexibility index (Phi) is 3.24. The molecule has 18 heavy (non-hydrogen) atoms. The molecule has 0 amide bonds. The number of pyridine rings is 1. The molecule has 3 nitrogen and oxygen atoms in total. The zero-order valence-electron chi connectivity index (χ0n) is 10.2. The predicted molar refractivity (Wildman–Crippen MR) is 70.4 cm³/mol. The first-order valence-corrected chi connectivity index (χ1v) is 6.26. The summed E-state index contributed by atoms with van der Waals surface area (Å²) < 4.78 is 5.78. The highest BCUT2D eigenvalue weighted by atomic mass is 16.5. The van der Waals surface area contributed by atoms with E-state index in [1.807, 2.05) is 12.1 Å². The van der Waals surface area contributed by atoms with E-state index in [-0.39, 0.29) is 0 Å². The van der Waals surface area contributed by atoms with Crippen molar-refractivity contribution in [1.82, 2.24) is 10.3 Å². The smallest absolute Gasteiger partial charge is 0.138 e. The van der Waals surface area contributed by atoms with Gasteiger partial charge in [-0.2, -0.15) is 0 Å². The summed E-state index contributed by atoms with van der Waals surface area (Å²) in [6.07, 6.45) is 4.59. The van der Waals surface area contributed by atoms with Crippen molar-refractivity contribution in [1.29, 1.82) is 0 Å². The molecule has 0 bridgehead atoms. The zero-order valence-corrected chi connectivity index (χ0v) is 10.2. The fourth-order valence-corrected chi connectivity index (χ4v) is 2.34. The van der Waals surface area contributed by atoms with Crippen molar-refractivity contribution < 1.29 is 4.74 Å². The number of aromatic nitrogens is 1. The Morgan fingerprint density at radius 2 is 2.22 bits per heavy atom. The van der Waals surface area contributed by atoms with Crippen LogP contribution in [0, 0.1) is 0 Å². The van der Waals surface area contributed by atoms with Crippen molar-refractivity contribution in [2.75, 3.05) is 6.54 Å². The number of rotatable bonds is 3. The second-order valence-corrected chi connectivity index (χ2v) is 4.46. The summed E-state index contributed by atoms with van der Waals surface area (Å²) in [5.74, 6) is 0.823. The van der Waals surface area contributed by atoms with Crippen LogP contribution >= 0.6 is 0 Å².